The van der Waals surface area contributed by atoms with E-state index < -0.39 is 5.97 Å². The van der Waals surface area contributed by atoms with Crippen molar-refractivity contribution in [2.24, 2.45) is 0 Å². The van der Waals surface area contributed by atoms with Crippen LogP contribution in [-0.2, 0) is 11.2 Å². The number of aliphatic carboxylic acids is 1. The van der Waals surface area contributed by atoms with Crippen molar-refractivity contribution in [2.45, 2.75) is 19.8 Å². The van der Waals surface area contributed by atoms with E-state index in [0.29, 0.717) is 12.4 Å². The number of aryl methyl sites for hydroxylation is 1. The molecule has 5 heteroatoms. The number of fused-ring (bicyclic) bond motifs is 1. The van der Waals surface area contributed by atoms with Crippen LogP contribution in [0, 0.1) is 0 Å². The number of carboxylic acid groups (broad SMARTS) is 1. The average Bonchev–Trinajstić information content (AvgIpc) is 2.38. The van der Waals surface area contributed by atoms with Crippen LogP contribution < -0.4 is 5.32 Å². The van der Waals surface area contributed by atoms with Gasteiger partial charge in [0.1, 0.15) is 12.1 Å². The standard InChI is InChI=1S/C13H15N3O2/c1-2-9-3-4-11-10(7-9)13(16-8-15-11)14-6-5-12(17)18/h3-4,7-8H,2,5-6H2,1H3,(H,17,18)(H,14,15,16). The Balaban J connectivity index is 2.28. The van der Waals surface area contributed by atoms with E-state index >= 15 is 0 Å². The Kier molecular flexibility index (Phi) is 3.72. The molecule has 0 saturated carbocycles. The van der Waals surface area contributed by atoms with Crippen LogP contribution in [0.15, 0.2) is 24.5 Å². The van der Waals surface area contributed by atoms with Gasteiger partial charge in [0.25, 0.3) is 0 Å². The molecule has 2 aromatic rings. The van der Waals surface area contributed by atoms with Crippen LogP contribution in [0.2, 0.25) is 0 Å². The highest BCUT2D eigenvalue weighted by Crippen LogP contribution is 2.20. The van der Waals surface area contributed by atoms with Gasteiger partial charge in [-0.05, 0) is 24.1 Å². The molecule has 18 heavy (non-hydrogen) atoms. The largest absolute Gasteiger partial charge is 0.481 e. The van der Waals surface area contributed by atoms with Gasteiger partial charge in [-0.2, -0.15) is 0 Å². The maximum absolute atomic E-state index is 10.5. The molecule has 1 heterocycles. The van der Waals surface area contributed by atoms with Gasteiger partial charge in [0, 0.05) is 11.9 Å². The zero-order chi connectivity index (χ0) is 13.0. The lowest BCUT2D eigenvalue weighted by Crippen LogP contribution is -2.09. The van der Waals surface area contributed by atoms with Crippen LogP contribution in [0.4, 0.5) is 5.82 Å². The summed E-state index contributed by atoms with van der Waals surface area (Å²) in [5, 5.41) is 12.6. The first-order chi connectivity index (χ1) is 8.70. The Labute approximate surface area is 105 Å². The monoisotopic (exact) mass is 245 g/mol. The van der Waals surface area contributed by atoms with Crippen molar-refractivity contribution in [3.8, 4) is 0 Å². The summed E-state index contributed by atoms with van der Waals surface area (Å²) in [6.07, 6.45) is 2.50. The molecule has 5 nitrogen and oxygen atoms in total. The number of carboxylic acids is 1. The SMILES string of the molecule is CCc1ccc2ncnc(NCCC(=O)O)c2c1. The smallest absolute Gasteiger partial charge is 0.305 e. The van der Waals surface area contributed by atoms with Crippen molar-refractivity contribution in [1.82, 2.24) is 9.97 Å². The van der Waals surface area contributed by atoms with Crippen LogP contribution in [-0.4, -0.2) is 27.6 Å². The van der Waals surface area contributed by atoms with Gasteiger partial charge in [-0.3, -0.25) is 4.79 Å². The van der Waals surface area contributed by atoms with Crippen LogP contribution >= 0.6 is 0 Å². The molecule has 0 saturated heterocycles. The second kappa shape index (κ2) is 5.44. The second-order valence-electron chi connectivity index (χ2n) is 4.00. The predicted octanol–water partition coefficient (Wildman–Crippen LogP) is 2.08. The fraction of sp³-hybridized carbons (Fsp3) is 0.308. The summed E-state index contributed by atoms with van der Waals surface area (Å²) in [6, 6.07) is 6.03. The van der Waals surface area contributed by atoms with Crippen LogP contribution in [0.25, 0.3) is 10.9 Å². The number of carbonyl (C=O) groups is 1. The van der Waals surface area contributed by atoms with E-state index in [1.54, 1.807) is 0 Å². The summed E-state index contributed by atoms with van der Waals surface area (Å²) >= 11 is 0. The third-order valence-corrected chi connectivity index (χ3v) is 2.74. The van der Waals surface area contributed by atoms with Crippen molar-refractivity contribution >= 4 is 22.7 Å². The van der Waals surface area contributed by atoms with Crippen LogP contribution in [0.3, 0.4) is 0 Å². The van der Waals surface area contributed by atoms with Crippen molar-refractivity contribution < 1.29 is 9.90 Å². The van der Waals surface area contributed by atoms with Gasteiger partial charge in [-0.15, -0.1) is 0 Å². The summed E-state index contributed by atoms with van der Waals surface area (Å²) in [7, 11) is 0. The number of nitrogens with one attached hydrogen (secondary N) is 1. The third-order valence-electron chi connectivity index (χ3n) is 2.74. The first kappa shape index (κ1) is 12.3. The highest BCUT2D eigenvalue weighted by molar-refractivity contribution is 5.89. The first-order valence-corrected chi connectivity index (χ1v) is 5.90. The molecular formula is C13H15N3O2. The maximum atomic E-state index is 10.5. The third kappa shape index (κ3) is 2.74. The van der Waals surface area contributed by atoms with E-state index in [9.17, 15) is 4.79 Å². The summed E-state index contributed by atoms with van der Waals surface area (Å²) in [4.78, 5) is 18.8. The summed E-state index contributed by atoms with van der Waals surface area (Å²) in [5.74, 6) is -0.133. The molecule has 0 bridgehead atoms. The highest BCUT2D eigenvalue weighted by Gasteiger charge is 2.04. The maximum Gasteiger partial charge on any atom is 0.305 e. The van der Waals surface area contributed by atoms with Crippen molar-refractivity contribution in [3.63, 3.8) is 0 Å². The number of nitrogens with zero attached hydrogens (tertiary/aromatic N) is 2. The van der Waals surface area contributed by atoms with E-state index in [1.807, 2.05) is 18.2 Å². The number of hydrogen-bond donors (Lipinski definition) is 2. The minimum Gasteiger partial charge on any atom is -0.481 e. The molecule has 0 atom stereocenters. The number of aromatic nitrogens is 2. The minimum atomic E-state index is -0.824. The molecule has 0 aliphatic rings. The number of anilines is 1. The van der Waals surface area contributed by atoms with Crippen LogP contribution in [0.1, 0.15) is 18.9 Å². The summed E-state index contributed by atoms with van der Waals surface area (Å²) < 4.78 is 0. The molecule has 0 amide bonds. The van der Waals surface area contributed by atoms with E-state index in [1.165, 1.54) is 11.9 Å². The van der Waals surface area contributed by atoms with Crippen LogP contribution in [0.5, 0.6) is 0 Å². The molecule has 2 N–H and O–H groups in total. The van der Waals surface area contributed by atoms with E-state index in [2.05, 4.69) is 22.2 Å². The molecule has 0 fully saturated rings. The molecule has 0 aliphatic heterocycles. The van der Waals surface area contributed by atoms with Gasteiger partial charge in [-0.1, -0.05) is 13.0 Å². The average molecular weight is 245 g/mol. The van der Waals surface area contributed by atoms with Gasteiger partial charge in [-0.25, -0.2) is 9.97 Å². The lowest BCUT2D eigenvalue weighted by Gasteiger charge is -2.08. The Morgan fingerprint density at radius 2 is 2.22 bits per heavy atom. The fourth-order valence-corrected chi connectivity index (χ4v) is 1.75. The van der Waals surface area contributed by atoms with Gasteiger partial charge in [0.2, 0.25) is 0 Å². The van der Waals surface area contributed by atoms with Crippen molar-refractivity contribution in [2.75, 3.05) is 11.9 Å². The topological polar surface area (TPSA) is 75.1 Å². The van der Waals surface area contributed by atoms with Crippen molar-refractivity contribution in [3.05, 3.63) is 30.1 Å². The van der Waals surface area contributed by atoms with Gasteiger partial charge in [0.05, 0.1) is 11.9 Å². The van der Waals surface area contributed by atoms with E-state index in [0.717, 1.165) is 17.3 Å². The number of benzene rings is 1. The molecule has 1 aromatic carbocycles. The molecule has 0 aliphatic carbocycles. The zero-order valence-corrected chi connectivity index (χ0v) is 10.2. The summed E-state index contributed by atoms with van der Waals surface area (Å²) in [5.41, 5.74) is 2.07. The second-order valence-corrected chi connectivity index (χ2v) is 4.00. The Hall–Kier alpha value is -2.17. The molecule has 1 aromatic heterocycles. The molecule has 0 spiro atoms. The van der Waals surface area contributed by atoms with Gasteiger partial charge in [0.15, 0.2) is 0 Å². The fourth-order valence-electron chi connectivity index (χ4n) is 1.75. The van der Waals surface area contributed by atoms with Gasteiger partial charge >= 0.3 is 5.97 Å². The molecule has 2 rings (SSSR count). The molecular weight excluding hydrogens is 230 g/mol. The predicted molar refractivity (Wildman–Crippen MR) is 69.7 cm³/mol. The molecule has 0 unspecified atom stereocenters. The summed E-state index contributed by atoms with van der Waals surface area (Å²) in [6.45, 7) is 2.44. The molecule has 0 radical (unpaired) electrons. The van der Waals surface area contributed by atoms with Crippen molar-refractivity contribution in [1.29, 1.82) is 0 Å². The molecule has 94 valence electrons. The van der Waals surface area contributed by atoms with E-state index in [4.69, 9.17) is 5.11 Å². The number of rotatable bonds is 5. The Bertz CT molecular complexity index is 569. The lowest BCUT2D eigenvalue weighted by atomic mass is 10.1. The first-order valence-electron chi connectivity index (χ1n) is 5.90. The highest BCUT2D eigenvalue weighted by atomic mass is 16.4. The normalized spacial score (nSPS) is 10.5. The lowest BCUT2D eigenvalue weighted by molar-refractivity contribution is -0.136. The van der Waals surface area contributed by atoms with Gasteiger partial charge < -0.3 is 10.4 Å². The Morgan fingerprint density at radius 1 is 1.39 bits per heavy atom. The quantitative estimate of drug-likeness (QED) is 0.843. The number of hydrogen-bond acceptors (Lipinski definition) is 4. The Morgan fingerprint density at radius 3 is 2.94 bits per heavy atom. The minimum absolute atomic E-state index is 0.0684. The van der Waals surface area contributed by atoms with E-state index in [-0.39, 0.29) is 6.42 Å². The zero-order valence-electron chi connectivity index (χ0n) is 10.2.